The molecule has 130 valence electrons. The molecule has 2 aromatic rings. The molecule has 3 rings (SSSR count). The summed E-state index contributed by atoms with van der Waals surface area (Å²) in [5, 5.41) is 0. The quantitative estimate of drug-likeness (QED) is 0.648. The number of hydrogen-bond acceptors (Lipinski definition) is 4. The molecule has 0 N–H and O–H groups in total. The largest absolute Gasteiger partial charge is 0.490 e. The summed E-state index contributed by atoms with van der Waals surface area (Å²) in [5.74, 6) is 1.57. The Kier molecular flexibility index (Phi) is 5.86. The van der Waals surface area contributed by atoms with Crippen molar-refractivity contribution in [3.8, 4) is 17.1 Å². The van der Waals surface area contributed by atoms with Crippen LogP contribution in [0.15, 0.2) is 35.2 Å². The van der Waals surface area contributed by atoms with Gasteiger partial charge in [0.15, 0.2) is 0 Å². The highest BCUT2D eigenvalue weighted by Gasteiger charge is 2.24. The summed E-state index contributed by atoms with van der Waals surface area (Å²) in [4.78, 5) is 6.55. The Morgan fingerprint density at radius 1 is 1.29 bits per heavy atom. The summed E-state index contributed by atoms with van der Waals surface area (Å²) in [7, 11) is 2.12. The lowest BCUT2D eigenvalue weighted by Gasteiger charge is -2.37. The fraction of sp³-hybridized carbons (Fsp3) is 0.526. The summed E-state index contributed by atoms with van der Waals surface area (Å²) in [6, 6.07) is 4.51. The van der Waals surface area contributed by atoms with E-state index in [4.69, 9.17) is 9.15 Å². The Balaban J connectivity index is 1.56. The lowest BCUT2D eigenvalue weighted by Crippen LogP contribution is -2.48. The molecular formula is C19H25FN2O2. The van der Waals surface area contributed by atoms with Gasteiger partial charge in [0, 0.05) is 17.8 Å². The van der Waals surface area contributed by atoms with Gasteiger partial charge in [-0.15, -0.1) is 0 Å². The molecule has 1 aliphatic rings. The average Bonchev–Trinajstić information content (AvgIpc) is 3.07. The van der Waals surface area contributed by atoms with Crippen LogP contribution >= 0.6 is 0 Å². The van der Waals surface area contributed by atoms with Crippen LogP contribution in [0.1, 0.15) is 31.2 Å². The van der Waals surface area contributed by atoms with Crippen LogP contribution < -0.4 is 4.74 Å². The van der Waals surface area contributed by atoms with E-state index in [0.717, 1.165) is 48.4 Å². The van der Waals surface area contributed by atoms with Crippen LogP contribution in [0.3, 0.4) is 0 Å². The third-order valence-corrected chi connectivity index (χ3v) is 4.63. The Bertz CT molecular complexity index is 644. The van der Waals surface area contributed by atoms with Crippen molar-refractivity contribution in [3.05, 3.63) is 36.4 Å². The molecule has 0 aromatic carbocycles. The first-order valence-electron chi connectivity index (χ1n) is 8.68. The van der Waals surface area contributed by atoms with E-state index in [-0.39, 0.29) is 6.67 Å². The van der Waals surface area contributed by atoms with Gasteiger partial charge in [-0.2, -0.15) is 0 Å². The van der Waals surface area contributed by atoms with Crippen molar-refractivity contribution in [2.75, 3.05) is 26.9 Å². The molecule has 5 heteroatoms. The smallest absolute Gasteiger partial charge is 0.138 e. The van der Waals surface area contributed by atoms with E-state index >= 15 is 0 Å². The van der Waals surface area contributed by atoms with Gasteiger partial charge in [0.25, 0.3) is 0 Å². The van der Waals surface area contributed by atoms with Crippen molar-refractivity contribution < 1.29 is 13.5 Å². The van der Waals surface area contributed by atoms with Crippen molar-refractivity contribution in [1.29, 1.82) is 0 Å². The maximum absolute atomic E-state index is 12.1. The molecule has 1 saturated heterocycles. The summed E-state index contributed by atoms with van der Waals surface area (Å²) in [5.41, 5.74) is 2.07. The molecule has 0 unspecified atom stereocenters. The van der Waals surface area contributed by atoms with Gasteiger partial charge in [-0.05, 0) is 57.0 Å². The number of nitrogens with zero attached hydrogens (tertiary/aromatic N) is 2. The molecule has 0 spiro atoms. The molecule has 0 aliphatic carbocycles. The molecule has 0 radical (unpaired) electrons. The van der Waals surface area contributed by atoms with Crippen molar-refractivity contribution in [2.24, 2.45) is 0 Å². The van der Waals surface area contributed by atoms with Crippen LogP contribution in [0, 0.1) is 0 Å². The Hall–Kier alpha value is -1.88. The van der Waals surface area contributed by atoms with Crippen LogP contribution in [0.25, 0.3) is 11.3 Å². The number of alkyl halides is 1. The van der Waals surface area contributed by atoms with Gasteiger partial charge in [-0.3, -0.25) is 14.3 Å². The van der Waals surface area contributed by atoms with Crippen LogP contribution in [-0.4, -0.2) is 42.8 Å². The average molecular weight is 332 g/mol. The predicted molar refractivity (Wildman–Crippen MR) is 92.0 cm³/mol. The number of pyridine rings is 1. The summed E-state index contributed by atoms with van der Waals surface area (Å²) in [6.07, 6.45) is 9.95. The molecule has 1 atom stereocenters. The third-order valence-electron chi connectivity index (χ3n) is 4.63. The van der Waals surface area contributed by atoms with E-state index < -0.39 is 0 Å². The zero-order valence-corrected chi connectivity index (χ0v) is 14.2. The first-order valence-corrected chi connectivity index (χ1v) is 8.68. The number of likely N-dealkylation sites (N-methyl/N-ethyl adjacent to an activating group) is 1. The predicted octanol–water partition coefficient (Wildman–Crippen LogP) is 4.11. The second kappa shape index (κ2) is 8.29. The molecular weight excluding hydrogens is 307 g/mol. The summed E-state index contributed by atoms with van der Waals surface area (Å²) < 4.78 is 23.6. The van der Waals surface area contributed by atoms with Gasteiger partial charge in [0.05, 0.1) is 19.1 Å². The van der Waals surface area contributed by atoms with E-state index in [0.29, 0.717) is 19.1 Å². The number of unbranched alkanes of at least 4 members (excludes halogenated alkanes) is 2. The molecule has 1 fully saturated rings. The highest BCUT2D eigenvalue weighted by Crippen LogP contribution is 2.26. The molecule has 1 aliphatic heterocycles. The van der Waals surface area contributed by atoms with Gasteiger partial charge in [-0.25, -0.2) is 0 Å². The van der Waals surface area contributed by atoms with Gasteiger partial charge >= 0.3 is 0 Å². The molecule has 3 heterocycles. The molecule has 0 bridgehead atoms. The van der Waals surface area contributed by atoms with Crippen LogP contribution in [0.4, 0.5) is 4.39 Å². The summed E-state index contributed by atoms with van der Waals surface area (Å²) in [6.45, 7) is 1.61. The fourth-order valence-corrected chi connectivity index (χ4v) is 2.86. The van der Waals surface area contributed by atoms with Crippen LogP contribution in [0.5, 0.6) is 5.75 Å². The van der Waals surface area contributed by atoms with E-state index in [9.17, 15) is 4.39 Å². The van der Waals surface area contributed by atoms with E-state index in [1.165, 1.54) is 6.42 Å². The highest BCUT2D eigenvalue weighted by atomic mass is 19.1. The number of furan rings is 1. The first kappa shape index (κ1) is 17.0. The van der Waals surface area contributed by atoms with Gasteiger partial charge in [0.2, 0.25) is 0 Å². The lowest BCUT2D eigenvalue weighted by atomic mass is 10.1. The molecule has 0 amide bonds. The number of rotatable bonds is 9. The van der Waals surface area contributed by atoms with E-state index in [1.807, 2.05) is 12.1 Å². The zero-order chi connectivity index (χ0) is 16.8. The zero-order valence-electron chi connectivity index (χ0n) is 14.2. The fourth-order valence-electron chi connectivity index (χ4n) is 2.86. The minimum Gasteiger partial charge on any atom is -0.490 e. The standard InChI is InChI=1S/C19H25FN2O2/c1-22-8-6-17(22)14-23-18-10-16(11-21-12-18)19-9-15(13-24-19)5-3-2-4-7-20/h9-13,17H,2-8,14H2,1H3/t17-/m0/s1. The first-order chi connectivity index (χ1) is 11.8. The van der Waals surface area contributed by atoms with Crippen molar-refractivity contribution in [3.63, 3.8) is 0 Å². The second-order valence-electron chi connectivity index (χ2n) is 6.46. The minimum absolute atomic E-state index is 0.230. The van der Waals surface area contributed by atoms with Gasteiger partial charge in [-0.1, -0.05) is 6.42 Å². The van der Waals surface area contributed by atoms with Crippen molar-refractivity contribution in [2.45, 2.75) is 38.1 Å². The van der Waals surface area contributed by atoms with E-state index in [2.05, 4.69) is 16.9 Å². The Morgan fingerprint density at radius 3 is 2.96 bits per heavy atom. The lowest BCUT2D eigenvalue weighted by molar-refractivity contribution is 0.0767. The number of hydrogen-bond donors (Lipinski definition) is 0. The molecule has 4 nitrogen and oxygen atoms in total. The highest BCUT2D eigenvalue weighted by molar-refractivity contribution is 5.58. The third kappa shape index (κ3) is 4.35. The Morgan fingerprint density at radius 2 is 2.21 bits per heavy atom. The number of aromatic nitrogens is 1. The normalized spacial score (nSPS) is 17.7. The Labute approximate surface area is 142 Å². The van der Waals surface area contributed by atoms with E-state index in [1.54, 1.807) is 18.7 Å². The second-order valence-corrected chi connectivity index (χ2v) is 6.46. The van der Waals surface area contributed by atoms with Gasteiger partial charge < -0.3 is 9.15 Å². The number of aryl methyl sites for hydroxylation is 1. The number of likely N-dealkylation sites (tertiary alicyclic amines) is 1. The molecule has 0 saturated carbocycles. The molecule has 24 heavy (non-hydrogen) atoms. The van der Waals surface area contributed by atoms with Crippen molar-refractivity contribution >= 4 is 0 Å². The SMILES string of the molecule is CN1CC[C@H]1COc1cncc(-c2cc(CCCCCF)co2)c1. The summed E-state index contributed by atoms with van der Waals surface area (Å²) >= 11 is 0. The van der Waals surface area contributed by atoms with Crippen LogP contribution in [-0.2, 0) is 6.42 Å². The topological polar surface area (TPSA) is 38.5 Å². The minimum atomic E-state index is -0.230. The maximum atomic E-state index is 12.1. The maximum Gasteiger partial charge on any atom is 0.138 e. The monoisotopic (exact) mass is 332 g/mol. The van der Waals surface area contributed by atoms with Gasteiger partial charge in [0.1, 0.15) is 18.1 Å². The number of ether oxygens (including phenoxy) is 1. The van der Waals surface area contributed by atoms with Crippen molar-refractivity contribution in [1.82, 2.24) is 9.88 Å². The van der Waals surface area contributed by atoms with Crippen LogP contribution in [0.2, 0.25) is 0 Å². The number of halogens is 1. The molecule has 2 aromatic heterocycles.